The maximum Gasteiger partial charge on any atom is 0.248 e. The van der Waals surface area contributed by atoms with Crippen LogP contribution in [0.15, 0.2) is 72.8 Å². The molecule has 2 saturated carbocycles. The van der Waals surface area contributed by atoms with Crippen molar-refractivity contribution in [3.63, 3.8) is 0 Å². The van der Waals surface area contributed by atoms with Gasteiger partial charge in [0.1, 0.15) is 0 Å². The van der Waals surface area contributed by atoms with Gasteiger partial charge in [0, 0.05) is 17.5 Å². The largest absolute Gasteiger partial charge is 0.366 e. The third kappa shape index (κ3) is 4.28. The number of rotatable bonds is 7. The van der Waals surface area contributed by atoms with Crippen molar-refractivity contribution in [2.45, 2.75) is 31.2 Å². The smallest absolute Gasteiger partial charge is 0.248 e. The Balaban J connectivity index is 0.00000218. The summed E-state index contributed by atoms with van der Waals surface area (Å²) in [6.45, 7) is 1.16. The van der Waals surface area contributed by atoms with Crippen molar-refractivity contribution in [3.05, 3.63) is 83.9 Å². The van der Waals surface area contributed by atoms with Gasteiger partial charge in [-0.3, -0.25) is 4.79 Å². The van der Waals surface area contributed by atoms with Crippen molar-refractivity contribution in [1.82, 2.24) is 5.32 Å². The Morgan fingerprint density at radius 1 is 0.900 bits per heavy atom. The number of carbonyl (C=O) groups is 1. The quantitative estimate of drug-likeness (QED) is 0.540. The van der Waals surface area contributed by atoms with Crippen LogP contribution in [0.1, 0.15) is 41.1 Å². The second kappa shape index (κ2) is 8.63. The highest BCUT2D eigenvalue weighted by atomic mass is 35.5. The van der Waals surface area contributed by atoms with Crippen molar-refractivity contribution >= 4 is 18.3 Å². The van der Waals surface area contributed by atoms with E-state index in [1.165, 1.54) is 41.5 Å². The van der Waals surface area contributed by atoms with Crippen LogP contribution >= 0.6 is 12.4 Å². The van der Waals surface area contributed by atoms with E-state index in [2.05, 4.69) is 53.8 Å². The number of amides is 1. The highest BCUT2D eigenvalue weighted by Gasteiger charge is 2.40. The summed E-state index contributed by atoms with van der Waals surface area (Å²) in [4.78, 5) is 11.5. The maximum atomic E-state index is 11.5. The minimum atomic E-state index is -0.392. The molecule has 3 N–H and O–H groups in total. The monoisotopic (exact) mass is 418 g/mol. The second-order valence-electron chi connectivity index (χ2n) is 8.38. The fraction of sp³-hybridized carbons (Fsp3) is 0.269. The Bertz CT molecular complexity index is 1030. The first-order valence-corrected chi connectivity index (χ1v) is 10.5. The van der Waals surface area contributed by atoms with E-state index in [1.807, 2.05) is 24.3 Å². The van der Waals surface area contributed by atoms with E-state index >= 15 is 0 Å². The lowest BCUT2D eigenvalue weighted by atomic mass is 9.88. The van der Waals surface area contributed by atoms with Gasteiger partial charge < -0.3 is 11.1 Å². The second-order valence-corrected chi connectivity index (χ2v) is 8.38. The zero-order valence-corrected chi connectivity index (χ0v) is 17.7. The van der Waals surface area contributed by atoms with Crippen LogP contribution in [0.2, 0.25) is 0 Å². The van der Waals surface area contributed by atoms with Crippen molar-refractivity contribution in [2.24, 2.45) is 11.7 Å². The third-order valence-corrected chi connectivity index (χ3v) is 6.20. The molecule has 0 saturated heterocycles. The highest BCUT2D eigenvalue weighted by molar-refractivity contribution is 5.94. The summed E-state index contributed by atoms with van der Waals surface area (Å²) in [7, 11) is 0. The first-order chi connectivity index (χ1) is 14.2. The predicted molar refractivity (Wildman–Crippen MR) is 125 cm³/mol. The zero-order chi connectivity index (χ0) is 19.8. The molecule has 3 aromatic carbocycles. The first-order valence-electron chi connectivity index (χ1n) is 10.5. The summed E-state index contributed by atoms with van der Waals surface area (Å²) in [5.74, 6) is 1.07. The first kappa shape index (κ1) is 20.6. The molecule has 0 aromatic heterocycles. The summed E-state index contributed by atoms with van der Waals surface area (Å²) in [6, 6.07) is 25.5. The topological polar surface area (TPSA) is 55.1 Å². The zero-order valence-electron chi connectivity index (χ0n) is 16.9. The van der Waals surface area contributed by atoms with Gasteiger partial charge in [0.2, 0.25) is 5.91 Å². The van der Waals surface area contributed by atoms with Gasteiger partial charge in [0.05, 0.1) is 0 Å². The third-order valence-electron chi connectivity index (χ3n) is 6.20. The number of hydrogen-bond donors (Lipinski definition) is 2. The van der Waals surface area contributed by atoms with Crippen LogP contribution in [-0.4, -0.2) is 18.5 Å². The SMILES string of the molecule is Cl.NC(=O)c1ccc(-c2cccc([C@@H]3C[C@H]3NCC3CC3)c2-c2ccccc2)cc1. The van der Waals surface area contributed by atoms with Gasteiger partial charge in [-0.1, -0.05) is 60.7 Å². The van der Waals surface area contributed by atoms with Crippen molar-refractivity contribution in [1.29, 1.82) is 0 Å². The average molecular weight is 419 g/mol. The van der Waals surface area contributed by atoms with Gasteiger partial charge in [-0.2, -0.15) is 0 Å². The predicted octanol–water partition coefficient (Wildman–Crippen LogP) is 5.40. The molecule has 30 heavy (non-hydrogen) atoms. The molecular formula is C26H27ClN2O. The fourth-order valence-electron chi connectivity index (χ4n) is 4.27. The standard InChI is InChI=1S/C26H26N2O.ClH/c27-26(29)20-13-11-18(12-14-20)21-7-4-8-22(25(21)19-5-2-1-3-6-19)23-15-24(23)28-16-17-9-10-17;/h1-8,11-14,17,23-24,28H,9-10,15-16H2,(H2,27,29);1H/t23-,24+;/m0./s1. The Hall–Kier alpha value is -2.62. The molecule has 2 fully saturated rings. The molecule has 0 bridgehead atoms. The van der Waals surface area contributed by atoms with Crippen molar-refractivity contribution < 1.29 is 4.79 Å². The lowest BCUT2D eigenvalue weighted by Gasteiger charge is -2.16. The van der Waals surface area contributed by atoms with Crippen molar-refractivity contribution in [2.75, 3.05) is 6.54 Å². The van der Waals surface area contributed by atoms with E-state index in [9.17, 15) is 4.79 Å². The normalized spacial score (nSPS) is 19.7. The van der Waals surface area contributed by atoms with Crippen LogP contribution in [0.4, 0.5) is 0 Å². The van der Waals surface area contributed by atoms with E-state index in [4.69, 9.17) is 5.73 Å². The Morgan fingerprint density at radius 2 is 1.63 bits per heavy atom. The van der Waals surface area contributed by atoms with Crippen LogP contribution in [0, 0.1) is 5.92 Å². The van der Waals surface area contributed by atoms with E-state index in [0.717, 1.165) is 18.0 Å². The Labute approximate surface area is 184 Å². The molecule has 0 unspecified atom stereocenters. The summed E-state index contributed by atoms with van der Waals surface area (Å²) in [6.07, 6.45) is 3.98. The number of hydrogen-bond acceptors (Lipinski definition) is 2. The summed E-state index contributed by atoms with van der Waals surface area (Å²) < 4.78 is 0. The van der Waals surface area contributed by atoms with E-state index in [0.29, 0.717) is 17.5 Å². The van der Waals surface area contributed by atoms with E-state index < -0.39 is 5.91 Å². The molecule has 1 amide bonds. The van der Waals surface area contributed by atoms with Gasteiger partial charge in [0.25, 0.3) is 0 Å². The van der Waals surface area contributed by atoms with Crippen LogP contribution in [0.3, 0.4) is 0 Å². The fourth-order valence-corrected chi connectivity index (χ4v) is 4.27. The number of nitrogens with two attached hydrogens (primary N) is 1. The number of nitrogens with one attached hydrogen (secondary N) is 1. The molecule has 2 atom stereocenters. The van der Waals surface area contributed by atoms with E-state index in [1.54, 1.807) is 0 Å². The minimum Gasteiger partial charge on any atom is -0.366 e. The number of primary amides is 1. The summed E-state index contributed by atoms with van der Waals surface area (Å²) >= 11 is 0. The van der Waals surface area contributed by atoms with E-state index in [-0.39, 0.29) is 12.4 Å². The highest BCUT2D eigenvalue weighted by Crippen LogP contribution is 2.48. The lowest BCUT2D eigenvalue weighted by molar-refractivity contribution is 0.100. The molecule has 0 aliphatic heterocycles. The molecular weight excluding hydrogens is 392 g/mol. The maximum absolute atomic E-state index is 11.5. The van der Waals surface area contributed by atoms with Crippen LogP contribution in [-0.2, 0) is 0 Å². The molecule has 4 heteroatoms. The van der Waals surface area contributed by atoms with Gasteiger partial charge in [-0.25, -0.2) is 0 Å². The molecule has 0 radical (unpaired) electrons. The lowest BCUT2D eigenvalue weighted by Crippen LogP contribution is -2.20. The molecule has 5 rings (SSSR count). The summed E-state index contributed by atoms with van der Waals surface area (Å²) in [5.41, 5.74) is 12.2. The molecule has 0 heterocycles. The molecule has 3 aromatic rings. The van der Waals surface area contributed by atoms with Gasteiger partial charge in [-0.05, 0) is 71.7 Å². The van der Waals surface area contributed by atoms with Crippen LogP contribution in [0.25, 0.3) is 22.3 Å². The molecule has 0 spiro atoms. The van der Waals surface area contributed by atoms with Gasteiger partial charge in [0.15, 0.2) is 0 Å². The molecule has 154 valence electrons. The summed E-state index contributed by atoms with van der Waals surface area (Å²) in [5, 5.41) is 3.77. The Morgan fingerprint density at radius 3 is 2.30 bits per heavy atom. The van der Waals surface area contributed by atoms with Gasteiger partial charge >= 0.3 is 0 Å². The Kier molecular flexibility index (Phi) is 5.94. The molecule has 2 aliphatic carbocycles. The van der Waals surface area contributed by atoms with Crippen LogP contribution in [0.5, 0.6) is 0 Å². The van der Waals surface area contributed by atoms with Crippen LogP contribution < -0.4 is 11.1 Å². The number of benzene rings is 3. The average Bonchev–Trinajstić information content (AvgIpc) is 3.67. The number of halogens is 1. The number of carbonyl (C=O) groups excluding carboxylic acids is 1. The molecule has 2 aliphatic rings. The molecule has 3 nitrogen and oxygen atoms in total. The minimum absolute atomic E-state index is 0. The van der Waals surface area contributed by atoms with Gasteiger partial charge in [-0.15, -0.1) is 12.4 Å². The van der Waals surface area contributed by atoms with Crippen molar-refractivity contribution in [3.8, 4) is 22.3 Å².